The number of nitrogens with zero attached hydrogens (tertiary/aromatic N) is 1. The van der Waals surface area contributed by atoms with Gasteiger partial charge in [0.15, 0.2) is 0 Å². The molecule has 1 aromatic rings. The average Bonchev–Trinajstić information content (AvgIpc) is 2.65. The largest absolute Gasteiger partial charge is 0.388 e. The molecule has 0 aromatic heterocycles. The number of aliphatic hydroxyl groups is 1. The molecule has 1 saturated carbocycles. The summed E-state index contributed by atoms with van der Waals surface area (Å²) < 4.78 is 13.3. The predicted octanol–water partition coefficient (Wildman–Crippen LogP) is 3.88. The van der Waals surface area contributed by atoms with Crippen LogP contribution in [0.25, 0.3) is 0 Å². The summed E-state index contributed by atoms with van der Waals surface area (Å²) in [5.41, 5.74) is -1.14. The highest BCUT2D eigenvalue weighted by atomic mass is 35.5. The molecule has 2 rings (SSSR count). The van der Waals surface area contributed by atoms with Gasteiger partial charge in [0.25, 0.3) is 5.69 Å². The van der Waals surface area contributed by atoms with E-state index in [1.165, 1.54) is 6.07 Å². The maximum absolute atomic E-state index is 13.3. The number of hydrogen-bond donors (Lipinski definition) is 2. The number of rotatable bonds is 4. The number of benzene rings is 1. The van der Waals surface area contributed by atoms with Gasteiger partial charge in [-0.2, -0.15) is 0 Å². The minimum Gasteiger partial charge on any atom is -0.388 e. The van der Waals surface area contributed by atoms with E-state index in [4.69, 9.17) is 11.6 Å². The third-order valence-corrected chi connectivity index (χ3v) is 4.17. The Kier molecular flexibility index (Phi) is 5.00. The van der Waals surface area contributed by atoms with E-state index in [-0.39, 0.29) is 22.9 Å². The molecule has 1 aromatic carbocycles. The summed E-state index contributed by atoms with van der Waals surface area (Å²) in [5.74, 6) is -0.831. The number of hydrogen-bond acceptors (Lipinski definition) is 4. The van der Waals surface area contributed by atoms with Gasteiger partial charge in [-0.05, 0) is 18.9 Å². The Balaban J connectivity index is 2.15. The zero-order chi connectivity index (χ0) is 15.5. The van der Waals surface area contributed by atoms with Crippen molar-refractivity contribution in [3.63, 3.8) is 0 Å². The van der Waals surface area contributed by atoms with Crippen LogP contribution in [0.2, 0.25) is 5.02 Å². The van der Waals surface area contributed by atoms with Gasteiger partial charge in [0.05, 0.1) is 21.6 Å². The molecule has 0 amide bonds. The SMILES string of the molecule is O=[N+]([O-])c1cc(F)c(Cl)cc1NCC1(O)CCCCCC1. The third-order valence-electron chi connectivity index (χ3n) is 3.88. The van der Waals surface area contributed by atoms with Crippen molar-refractivity contribution in [1.82, 2.24) is 0 Å². The maximum atomic E-state index is 13.3. The van der Waals surface area contributed by atoms with Crippen LogP contribution in [-0.4, -0.2) is 22.2 Å². The molecule has 116 valence electrons. The highest BCUT2D eigenvalue weighted by Crippen LogP contribution is 2.32. The molecule has 1 aliphatic rings. The fourth-order valence-corrected chi connectivity index (χ4v) is 2.82. The molecule has 0 unspecified atom stereocenters. The summed E-state index contributed by atoms with van der Waals surface area (Å²) in [7, 11) is 0. The number of anilines is 1. The molecular formula is C14H18ClFN2O3. The molecule has 0 spiro atoms. The van der Waals surface area contributed by atoms with Gasteiger partial charge in [-0.25, -0.2) is 4.39 Å². The van der Waals surface area contributed by atoms with E-state index >= 15 is 0 Å². The molecule has 0 bridgehead atoms. The van der Waals surface area contributed by atoms with Gasteiger partial charge in [-0.3, -0.25) is 10.1 Å². The zero-order valence-corrected chi connectivity index (χ0v) is 12.3. The quantitative estimate of drug-likeness (QED) is 0.502. The molecule has 1 aliphatic carbocycles. The molecule has 1 fully saturated rings. The first-order valence-electron chi connectivity index (χ1n) is 7.01. The van der Waals surface area contributed by atoms with Gasteiger partial charge in [0, 0.05) is 6.54 Å². The standard InChI is InChI=1S/C14H18ClFN2O3/c15-10-7-12(13(18(20)21)8-11(10)16)17-9-14(19)5-3-1-2-4-6-14/h7-8,17,19H,1-6,9H2. The molecule has 0 radical (unpaired) electrons. The molecular weight excluding hydrogens is 299 g/mol. The first-order valence-corrected chi connectivity index (χ1v) is 7.39. The Morgan fingerprint density at radius 1 is 1.33 bits per heavy atom. The molecule has 0 saturated heterocycles. The molecule has 21 heavy (non-hydrogen) atoms. The fourth-order valence-electron chi connectivity index (χ4n) is 2.65. The number of nitro benzene ring substituents is 1. The van der Waals surface area contributed by atoms with Crippen LogP contribution >= 0.6 is 11.6 Å². The second-order valence-corrected chi connectivity index (χ2v) is 5.94. The molecule has 0 heterocycles. The lowest BCUT2D eigenvalue weighted by atomic mass is 9.94. The van der Waals surface area contributed by atoms with Crippen molar-refractivity contribution in [3.05, 3.63) is 33.1 Å². The van der Waals surface area contributed by atoms with Crippen LogP contribution in [0.15, 0.2) is 12.1 Å². The smallest absolute Gasteiger partial charge is 0.295 e. The summed E-state index contributed by atoms with van der Waals surface area (Å²) in [6.07, 6.45) is 5.36. The van der Waals surface area contributed by atoms with Gasteiger partial charge in [-0.15, -0.1) is 0 Å². The first-order chi connectivity index (χ1) is 9.91. The van der Waals surface area contributed by atoms with Crippen molar-refractivity contribution in [1.29, 1.82) is 0 Å². The van der Waals surface area contributed by atoms with Crippen LogP contribution in [-0.2, 0) is 0 Å². The number of nitro groups is 1. The topological polar surface area (TPSA) is 75.4 Å². The van der Waals surface area contributed by atoms with Crippen LogP contribution in [0.5, 0.6) is 0 Å². The van der Waals surface area contributed by atoms with Crippen LogP contribution in [0, 0.1) is 15.9 Å². The summed E-state index contributed by atoms with van der Waals surface area (Å²) in [5, 5.41) is 24.2. The van der Waals surface area contributed by atoms with Gasteiger partial charge < -0.3 is 10.4 Å². The Hall–Kier alpha value is -1.40. The first kappa shape index (κ1) is 16.0. The molecule has 5 nitrogen and oxygen atoms in total. The van der Waals surface area contributed by atoms with Crippen LogP contribution < -0.4 is 5.32 Å². The Labute approximate surface area is 127 Å². The van der Waals surface area contributed by atoms with Crippen LogP contribution in [0.4, 0.5) is 15.8 Å². The Morgan fingerprint density at radius 2 is 1.95 bits per heavy atom. The molecule has 0 aliphatic heterocycles. The fraction of sp³-hybridized carbons (Fsp3) is 0.571. The maximum Gasteiger partial charge on any atom is 0.295 e. The number of halogens is 2. The lowest BCUT2D eigenvalue weighted by Gasteiger charge is -2.27. The Bertz CT molecular complexity index is 531. The van der Waals surface area contributed by atoms with E-state index in [0.29, 0.717) is 12.8 Å². The van der Waals surface area contributed by atoms with Crippen molar-refractivity contribution in [2.45, 2.75) is 44.1 Å². The normalized spacial score (nSPS) is 18.0. The average molecular weight is 317 g/mol. The lowest BCUT2D eigenvalue weighted by molar-refractivity contribution is -0.384. The highest BCUT2D eigenvalue weighted by Gasteiger charge is 2.29. The van der Waals surface area contributed by atoms with Gasteiger partial charge in [0.1, 0.15) is 11.5 Å². The molecule has 0 atom stereocenters. The van der Waals surface area contributed by atoms with E-state index in [9.17, 15) is 19.6 Å². The summed E-state index contributed by atoms with van der Waals surface area (Å²) in [6, 6.07) is 1.98. The minimum absolute atomic E-state index is 0.129. The summed E-state index contributed by atoms with van der Waals surface area (Å²) >= 11 is 5.67. The summed E-state index contributed by atoms with van der Waals surface area (Å²) in [6.45, 7) is 0.190. The van der Waals surface area contributed by atoms with E-state index in [2.05, 4.69) is 5.32 Å². The van der Waals surface area contributed by atoms with Crippen molar-refractivity contribution in [2.24, 2.45) is 0 Å². The Morgan fingerprint density at radius 3 is 2.52 bits per heavy atom. The van der Waals surface area contributed by atoms with E-state index in [1.54, 1.807) is 0 Å². The van der Waals surface area contributed by atoms with Crippen molar-refractivity contribution >= 4 is 23.0 Å². The second kappa shape index (κ2) is 6.58. The number of nitrogens with one attached hydrogen (secondary N) is 1. The van der Waals surface area contributed by atoms with Crippen molar-refractivity contribution in [2.75, 3.05) is 11.9 Å². The second-order valence-electron chi connectivity index (χ2n) is 5.53. The van der Waals surface area contributed by atoms with Gasteiger partial charge >= 0.3 is 0 Å². The zero-order valence-electron chi connectivity index (χ0n) is 11.6. The van der Waals surface area contributed by atoms with Gasteiger partial charge in [-0.1, -0.05) is 37.3 Å². The van der Waals surface area contributed by atoms with Gasteiger partial charge in [0.2, 0.25) is 0 Å². The lowest BCUT2D eigenvalue weighted by Crippen LogP contribution is -2.36. The van der Waals surface area contributed by atoms with Crippen molar-refractivity contribution in [3.8, 4) is 0 Å². The van der Waals surface area contributed by atoms with Crippen molar-refractivity contribution < 1.29 is 14.4 Å². The minimum atomic E-state index is -0.884. The molecule has 7 heteroatoms. The third kappa shape index (κ3) is 4.04. The van der Waals surface area contributed by atoms with Crippen LogP contribution in [0.1, 0.15) is 38.5 Å². The predicted molar refractivity (Wildman–Crippen MR) is 79.2 cm³/mol. The summed E-state index contributed by atoms with van der Waals surface area (Å²) in [4.78, 5) is 10.3. The highest BCUT2D eigenvalue weighted by molar-refractivity contribution is 6.31. The monoisotopic (exact) mass is 316 g/mol. The van der Waals surface area contributed by atoms with E-state index in [0.717, 1.165) is 31.7 Å². The van der Waals surface area contributed by atoms with E-state index in [1.807, 2.05) is 0 Å². The van der Waals surface area contributed by atoms with Crippen LogP contribution in [0.3, 0.4) is 0 Å². The molecule has 2 N–H and O–H groups in total. The van der Waals surface area contributed by atoms with E-state index < -0.39 is 16.3 Å².